The second-order valence-corrected chi connectivity index (χ2v) is 3.98. The van der Waals surface area contributed by atoms with Crippen molar-refractivity contribution >= 4 is 5.91 Å². The normalized spacial score (nSPS) is 11.6. The van der Waals surface area contributed by atoms with Crippen molar-refractivity contribution in [1.29, 1.82) is 0 Å². The van der Waals surface area contributed by atoms with E-state index in [-0.39, 0.29) is 6.54 Å². The highest BCUT2D eigenvalue weighted by molar-refractivity contribution is 5.75. The summed E-state index contributed by atoms with van der Waals surface area (Å²) in [7, 11) is 0. The van der Waals surface area contributed by atoms with Crippen molar-refractivity contribution in [3.05, 3.63) is 11.9 Å². The summed E-state index contributed by atoms with van der Waals surface area (Å²) in [5.74, 6) is -0.754. The fourth-order valence-electron chi connectivity index (χ4n) is 1.29. The number of hydrogen-bond donors (Lipinski definition) is 2. The molecule has 0 unspecified atom stereocenters. The van der Waals surface area contributed by atoms with E-state index < -0.39 is 18.6 Å². The van der Waals surface area contributed by atoms with Gasteiger partial charge in [-0.15, -0.1) is 5.10 Å². The largest absolute Gasteiger partial charge is 0.405 e. The molecule has 1 aromatic heterocycles. The lowest BCUT2D eigenvalue weighted by atomic mass is 10.4. The van der Waals surface area contributed by atoms with E-state index in [1.54, 1.807) is 5.32 Å². The molecule has 0 aromatic carbocycles. The molecule has 0 aliphatic rings. The van der Waals surface area contributed by atoms with Crippen LogP contribution in [0, 0.1) is 0 Å². The van der Waals surface area contributed by atoms with Crippen LogP contribution in [0.5, 0.6) is 0 Å². The Bertz CT molecular complexity index is 404. The van der Waals surface area contributed by atoms with E-state index in [0.29, 0.717) is 12.2 Å². The van der Waals surface area contributed by atoms with Gasteiger partial charge in [0.15, 0.2) is 0 Å². The van der Waals surface area contributed by atoms with Gasteiger partial charge >= 0.3 is 6.18 Å². The zero-order valence-electron chi connectivity index (χ0n) is 10.5. The van der Waals surface area contributed by atoms with E-state index in [4.69, 9.17) is 0 Å². The number of nitrogens with one attached hydrogen (secondary N) is 2. The molecule has 1 amide bonds. The molecule has 9 heteroatoms. The van der Waals surface area contributed by atoms with Gasteiger partial charge in [0.05, 0.1) is 11.9 Å². The Labute approximate surface area is 108 Å². The Morgan fingerprint density at radius 3 is 2.84 bits per heavy atom. The monoisotopic (exact) mass is 279 g/mol. The lowest BCUT2D eigenvalue weighted by molar-refractivity contribution is -0.138. The summed E-state index contributed by atoms with van der Waals surface area (Å²) in [4.78, 5) is 11.2. The molecule has 0 saturated carbocycles. The van der Waals surface area contributed by atoms with Crippen LogP contribution >= 0.6 is 0 Å². The predicted octanol–water partition coefficient (Wildman–Crippen LogP) is 0.456. The van der Waals surface area contributed by atoms with E-state index in [9.17, 15) is 18.0 Å². The molecule has 1 heterocycles. The standard InChI is InChI=1S/C10H16F3N5O/c1-2-3-14-4-8-5-18(17-16-8)6-9(19)15-7-10(11,12)13/h5,14H,2-4,6-7H2,1H3,(H,15,19). The molecular weight excluding hydrogens is 263 g/mol. The van der Waals surface area contributed by atoms with E-state index in [1.807, 2.05) is 6.92 Å². The summed E-state index contributed by atoms with van der Waals surface area (Å²) in [6.07, 6.45) is -1.91. The molecule has 0 radical (unpaired) electrons. The highest BCUT2D eigenvalue weighted by Crippen LogP contribution is 2.11. The predicted molar refractivity (Wildman–Crippen MR) is 61.1 cm³/mol. The number of amides is 1. The van der Waals surface area contributed by atoms with E-state index in [0.717, 1.165) is 13.0 Å². The van der Waals surface area contributed by atoms with Crippen LogP contribution in [0.3, 0.4) is 0 Å². The summed E-state index contributed by atoms with van der Waals surface area (Å²) >= 11 is 0. The fourth-order valence-corrected chi connectivity index (χ4v) is 1.29. The molecule has 0 fully saturated rings. The molecule has 0 aliphatic carbocycles. The summed E-state index contributed by atoms with van der Waals surface area (Å²) < 4.78 is 36.8. The zero-order valence-corrected chi connectivity index (χ0v) is 10.5. The molecule has 1 rings (SSSR count). The second kappa shape index (κ2) is 7.07. The number of carbonyl (C=O) groups is 1. The molecule has 108 valence electrons. The number of carbonyl (C=O) groups excluding carboxylic acids is 1. The van der Waals surface area contributed by atoms with E-state index in [2.05, 4.69) is 15.6 Å². The van der Waals surface area contributed by atoms with Crippen molar-refractivity contribution in [2.24, 2.45) is 0 Å². The van der Waals surface area contributed by atoms with Crippen LogP contribution < -0.4 is 10.6 Å². The van der Waals surface area contributed by atoms with E-state index >= 15 is 0 Å². The third-order valence-corrected chi connectivity index (χ3v) is 2.11. The first-order valence-corrected chi connectivity index (χ1v) is 5.84. The maximum absolute atomic E-state index is 11.9. The van der Waals surface area contributed by atoms with Crippen molar-refractivity contribution in [2.75, 3.05) is 13.1 Å². The van der Waals surface area contributed by atoms with Gasteiger partial charge in [-0.05, 0) is 13.0 Å². The van der Waals surface area contributed by atoms with Crippen molar-refractivity contribution in [1.82, 2.24) is 25.6 Å². The quantitative estimate of drug-likeness (QED) is 0.711. The van der Waals surface area contributed by atoms with Gasteiger partial charge in [0.25, 0.3) is 0 Å². The van der Waals surface area contributed by atoms with Crippen LogP contribution in [0.4, 0.5) is 13.2 Å². The lowest BCUT2D eigenvalue weighted by Crippen LogP contribution is -2.35. The first kappa shape index (κ1) is 15.4. The molecule has 0 bridgehead atoms. The molecule has 6 nitrogen and oxygen atoms in total. The average molecular weight is 279 g/mol. The number of alkyl halides is 3. The number of nitrogens with zero attached hydrogens (tertiary/aromatic N) is 3. The maximum atomic E-state index is 11.9. The first-order valence-electron chi connectivity index (χ1n) is 5.84. The van der Waals surface area contributed by atoms with Crippen molar-refractivity contribution in [2.45, 2.75) is 32.6 Å². The van der Waals surface area contributed by atoms with Gasteiger partial charge < -0.3 is 10.6 Å². The lowest BCUT2D eigenvalue weighted by Gasteiger charge is -2.07. The van der Waals surface area contributed by atoms with Gasteiger partial charge in [0, 0.05) is 6.54 Å². The minimum Gasteiger partial charge on any atom is -0.345 e. The minimum atomic E-state index is -4.41. The summed E-state index contributed by atoms with van der Waals surface area (Å²) in [6, 6.07) is 0. The topological polar surface area (TPSA) is 71.8 Å². The molecule has 0 aliphatic heterocycles. The molecule has 1 aromatic rings. The Kier molecular flexibility index (Phi) is 5.74. The van der Waals surface area contributed by atoms with Gasteiger partial charge in [-0.3, -0.25) is 4.79 Å². The molecule has 2 N–H and O–H groups in total. The highest BCUT2D eigenvalue weighted by atomic mass is 19.4. The third-order valence-electron chi connectivity index (χ3n) is 2.11. The number of rotatable bonds is 7. The third kappa shape index (κ3) is 6.75. The summed E-state index contributed by atoms with van der Waals surface area (Å²) in [5, 5.41) is 12.3. The molecule has 0 saturated heterocycles. The SMILES string of the molecule is CCCNCc1cn(CC(=O)NCC(F)(F)F)nn1. The summed E-state index contributed by atoms with van der Waals surface area (Å²) in [6.45, 7) is 1.74. The molecule has 0 atom stereocenters. The van der Waals surface area contributed by atoms with Gasteiger partial charge in [-0.25, -0.2) is 4.68 Å². The zero-order chi connectivity index (χ0) is 14.3. The molecule has 0 spiro atoms. The minimum absolute atomic E-state index is 0.281. The Hall–Kier alpha value is -1.64. The first-order chi connectivity index (χ1) is 8.90. The number of aromatic nitrogens is 3. The van der Waals surface area contributed by atoms with Gasteiger partial charge in [-0.1, -0.05) is 12.1 Å². The van der Waals surface area contributed by atoms with Gasteiger partial charge in [-0.2, -0.15) is 13.2 Å². The van der Waals surface area contributed by atoms with Crippen LogP contribution in [0.15, 0.2) is 6.20 Å². The van der Waals surface area contributed by atoms with Gasteiger partial charge in [0.1, 0.15) is 13.1 Å². The van der Waals surface area contributed by atoms with Crippen LogP contribution in [0.1, 0.15) is 19.0 Å². The Morgan fingerprint density at radius 1 is 1.47 bits per heavy atom. The Balaban J connectivity index is 2.34. The van der Waals surface area contributed by atoms with Crippen LogP contribution in [-0.2, 0) is 17.9 Å². The van der Waals surface area contributed by atoms with Crippen LogP contribution in [0.25, 0.3) is 0 Å². The van der Waals surface area contributed by atoms with Crippen LogP contribution in [-0.4, -0.2) is 40.2 Å². The Morgan fingerprint density at radius 2 is 2.21 bits per heavy atom. The smallest absolute Gasteiger partial charge is 0.345 e. The highest BCUT2D eigenvalue weighted by Gasteiger charge is 2.27. The van der Waals surface area contributed by atoms with Crippen molar-refractivity contribution < 1.29 is 18.0 Å². The number of hydrogen-bond acceptors (Lipinski definition) is 4. The van der Waals surface area contributed by atoms with Crippen molar-refractivity contribution in [3.8, 4) is 0 Å². The molecule has 19 heavy (non-hydrogen) atoms. The molecular formula is C10H16F3N5O. The van der Waals surface area contributed by atoms with E-state index in [1.165, 1.54) is 10.9 Å². The number of halogens is 3. The second-order valence-electron chi connectivity index (χ2n) is 3.98. The average Bonchev–Trinajstić information content (AvgIpc) is 2.74. The maximum Gasteiger partial charge on any atom is 0.405 e. The van der Waals surface area contributed by atoms with Crippen LogP contribution in [0.2, 0.25) is 0 Å². The van der Waals surface area contributed by atoms with Crippen molar-refractivity contribution in [3.63, 3.8) is 0 Å². The van der Waals surface area contributed by atoms with Gasteiger partial charge in [0.2, 0.25) is 5.91 Å². The fraction of sp³-hybridized carbons (Fsp3) is 0.700. The summed E-state index contributed by atoms with van der Waals surface area (Å²) in [5.41, 5.74) is 0.636.